The second-order valence-electron chi connectivity index (χ2n) is 10.0. The number of likely N-dealkylation sites (tertiary alicyclic amines) is 1. The number of benzene rings is 1. The zero-order valence-corrected chi connectivity index (χ0v) is 19.7. The van der Waals surface area contributed by atoms with Gasteiger partial charge in [-0.25, -0.2) is 4.79 Å². The minimum Gasteiger partial charge on any atom is -0.444 e. The van der Waals surface area contributed by atoms with E-state index >= 15 is 0 Å². The predicted octanol–water partition coefficient (Wildman–Crippen LogP) is 5.74. The van der Waals surface area contributed by atoms with Crippen LogP contribution in [0.15, 0.2) is 47.1 Å². The third-order valence-corrected chi connectivity index (χ3v) is 6.65. The quantitative estimate of drug-likeness (QED) is 0.587. The maximum Gasteiger partial charge on any atom is 0.410 e. The fraction of sp³-hybridized carbons (Fsp3) is 0.520. The van der Waals surface area contributed by atoms with Gasteiger partial charge in [-0.1, -0.05) is 49.7 Å². The monoisotopic (exact) mass is 442 g/mol. The first-order valence-corrected chi connectivity index (χ1v) is 11.4. The Morgan fingerprint density at radius 1 is 1.26 bits per heavy atom. The van der Waals surface area contributed by atoms with Crippen molar-refractivity contribution < 1.29 is 14.3 Å². The lowest BCUT2D eigenvalue weighted by molar-refractivity contribution is -0.124. The van der Waals surface area contributed by atoms with E-state index in [1.165, 1.54) is 0 Å². The Kier molecular flexibility index (Phi) is 5.45. The van der Waals surface area contributed by atoms with Crippen LogP contribution in [0.1, 0.15) is 59.4 Å². The number of rotatable bonds is 2. The highest BCUT2D eigenvalue weighted by Gasteiger charge is 2.62. The largest absolute Gasteiger partial charge is 0.444 e. The first-order chi connectivity index (χ1) is 14.6. The number of ether oxygens (including phenoxy) is 1. The Hall–Kier alpha value is -2.27. The highest BCUT2D eigenvalue weighted by atomic mass is 35.5. The summed E-state index contributed by atoms with van der Waals surface area (Å²) in [6.45, 7) is 10.2. The van der Waals surface area contributed by atoms with Crippen molar-refractivity contribution in [2.45, 2.75) is 70.9 Å². The Balaban J connectivity index is 1.81. The molecule has 0 bridgehead atoms. The highest BCUT2D eigenvalue weighted by molar-refractivity contribution is 6.31. The van der Waals surface area contributed by atoms with Gasteiger partial charge in [0.05, 0.1) is 17.1 Å². The Morgan fingerprint density at radius 2 is 1.97 bits per heavy atom. The molecule has 1 aromatic rings. The summed E-state index contributed by atoms with van der Waals surface area (Å²) < 4.78 is 5.71. The number of hydrogen-bond donors (Lipinski definition) is 0. The number of anilines is 1. The molecule has 5 nitrogen and oxygen atoms in total. The van der Waals surface area contributed by atoms with Gasteiger partial charge in [0.15, 0.2) is 0 Å². The van der Waals surface area contributed by atoms with Gasteiger partial charge in [0, 0.05) is 17.3 Å². The van der Waals surface area contributed by atoms with Gasteiger partial charge in [0.25, 0.3) is 0 Å². The van der Waals surface area contributed by atoms with Crippen molar-refractivity contribution in [2.75, 3.05) is 11.4 Å². The molecule has 2 amide bonds. The van der Waals surface area contributed by atoms with Gasteiger partial charge in [0.2, 0.25) is 5.91 Å². The number of nitrogens with zero attached hydrogens (tertiary/aromatic N) is 2. The molecule has 1 spiro atoms. The van der Waals surface area contributed by atoms with E-state index in [0.29, 0.717) is 18.0 Å². The van der Waals surface area contributed by atoms with Gasteiger partial charge in [-0.15, -0.1) is 0 Å². The van der Waals surface area contributed by atoms with E-state index in [1.807, 2.05) is 62.1 Å². The lowest BCUT2D eigenvalue weighted by Gasteiger charge is -2.38. The third kappa shape index (κ3) is 3.57. The van der Waals surface area contributed by atoms with E-state index in [9.17, 15) is 9.59 Å². The Bertz CT molecular complexity index is 975. The molecular formula is C25H31ClN2O3. The first-order valence-electron chi connectivity index (χ1n) is 11.1. The van der Waals surface area contributed by atoms with Crippen LogP contribution < -0.4 is 4.90 Å². The molecule has 1 aromatic carbocycles. The molecule has 166 valence electrons. The van der Waals surface area contributed by atoms with Gasteiger partial charge in [-0.05, 0) is 63.7 Å². The SMILES string of the molecule is CC(C)[C@@H]1N(C(=O)OC(C)(C)C)CC[C@@]12C(=O)N(C1=CC(Cl)=CCC1)c1ccccc12. The predicted molar refractivity (Wildman–Crippen MR) is 123 cm³/mol. The maximum atomic E-state index is 14.2. The molecule has 4 rings (SSSR count). The molecule has 0 aromatic heterocycles. The molecule has 1 saturated heterocycles. The number of amides is 2. The lowest BCUT2D eigenvalue weighted by atomic mass is 9.71. The summed E-state index contributed by atoms with van der Waals surface area (Å²) in [4.78, 5) is 30.9. The zero-order chi connectivity index (χ0) is 22.6. The van der Waals surface area contributed by atoms with Gasteiger partial charge in [-0.3, -0.25) is 9.69 Å². The minimum atomic E-state index is -0.782. The molecule has 1 aliphatic carbocycles. The summed E-state index contributed by atoms with van der Waals surface area (Å²) in [6, 6.07) is 7.71. The molecular weight excluding hydrogens is 412 g/mol. The molecule has 0 unspecified atom stereocenters. The number of para-hydroxylation sites is 1. The fourth-order valence-corrected chi connectivity index (χ4v) is 5.65. The van der Waals surface area contributed by atoms with E-state index in [0.717, 1.165) is 29.8 Å². The minimum absolute atomic E-state index is 0.0380. The number of fused-ring (bicyclic) bond motifs is 2. The average Bonchev–Trinajstić information content (AvgIpc) is 3.19. The number of hydrogen-bond acceptors (Lipinski definition) is 3. The van der Waals surface area contributed by atoms with Crippen LogP contribution in [0, 0.1) is 5.92 Å². The highest BCUT2D eigenvalue weighted by Crippen LogP contribution is 2.54. The standard InChI is InChI=1S/C25H31ClN2O3/c1-16(2)21-25(13-14-27(21)23(30)31-24(3,4)5)19-11-6-7-12-20(19)28(22(25)29)18-10-8-9-17(26)15-18/h6-7,9,11-12,15-16,21H,8,10,13-14H2,1-5H3/t21-,25-/m0/s1. The summed E-state index contributed by atoms with van der Waals surface area (Å²) in [5.41, 5.74) is 1.45. The number of halogens is 1. The molecule has 0 saturated carbocycles. The number of allylic oxidation sites excluding steroid dienone is 4. The molecule has 0 N–H and O–H groups in total. The average molecular weight is 443 g/mol. The van der Waals surface area contributed by atoms with Gasteiger partial charge >= 0.3 is 6.09 Å². The van der Waals surface area contributed by atoms with E-state index < -0.39 is 11.0 Å². The van der Waals surface area contributed by atoms with Crippen molar-refractivity contribution in [3.63, 3.8) is 0 Å². The second kappa shape index (κ2) is 7.70. The van der Waals surface area contributed by atoms with Crippen LogP contribution in [0.3, 0.4) is 0 Å². The Morgan fingerprint density at radius 3 is 2.61 bits per heavy atom. The van der Waals surface area contributed by atoms with Crippen LogP contribution in [0.5, 0.6) is 0 Å². The van der Waals surface area contributed by atoms with Crippen LogP contribution in [-0.2, 0) is 14.9 Å². The van der Waals surface area contributed by atoms with Crippen molar-refractivity contribution in [1.29, 1.82) is 0 Å². The molecule has 2 heterocycles. The normalized spacial score (nSPS) is 25.8. The topological polar surface area (TPSA) is 49.9 Å². The molecule has 2 aliphatic heterocycles. The van der Waals surface area contributed by atoms with Crippen LogP contribution >= 0.6 is 11.6 Å². The molecule has 0 radical (unpaired) electrons. The van der Waals surface area contributed by atoms with Crippen molar-refractivity contribution >= 4 is 29.3 Å². The summed E-state index contributed by atoms with van der Waals surface area (Å²) in [5.74, 6) is 0.117. The van der Waals surface area contributed by atoms with E-state index in [2.05, 4.69) is 13.8 Å². The van der Waals surface area contributed by atoms with Crippen molar-refractivity contribution in [1.82, 2.24) is 4.90 Å². The van der Waals surface area contributed by atoms with E-state index in [4.69, 9.17) is 16.3 Å². The van der Waals surface area contributed by atoms with Gasteiger partial charge < -0.3 is 9.64 Å². The number of carbonyl (C=O) groups excluding carboxylic acids is 2. The second-order valence-corrected chi connectivity index (χ2v) is 10.4. The van der Waals surface area contributed by atoms with Crippen molar-refractivity contribution in [2.24, 2.45) is 5.92 Å². The van der Waals surface area contributed by atoms with Crippen LogP contribution in [0.25, 0.3) is 0 Å². The molecule has 2 atom stereocenters. The summed E-state index contributed by atoms with van der Waals surface area (Å²) in [5, 5.41) is 0.662. The first kappa shape index (κ1) is 21.9. The van der Waals surface area contributed by atoms with Crippen molar-refractivity contribution in [3.05, 3.63) is 52.7 Å². The molecule has 6 heteroatoms. The Labute approximate surface area is 189 Å². The summed E-state index contributed by atoms with van der Waals surface area (Å²) in [7, 11) is 0. The van der Waals surface area contributed by atoms with E-state index in [-0.39, 0.29) is 24.0 Å². The van der Waals surface area contributed by atoms with Gasteiger partial charge in [-0.2, -0.15) is 0 Å². The number of carbonyl (C=O) groups is 2. The van der Waals surface area contributed by atoms with Crippen LogP contribution in [-0.4, -0.2) is 35.1 Å². The molecule has 31 heavy (non-hydrogen) atoms. The fourth-order valence-electron chi connectivity index (χ4n) is 5.41. The van der Waals surface area contributed by atoms with Crippen molar-refractivity contribution in [3.8, 4) is 0 Å². The van der Waals surface area contributed by atoms with Crippen LogP contribution in [0.4, 0.5) is 10.5 Å². The van der Waals surface area contributed by atoms with E-state index in [1.54, 1.807) is 4.90 Å². The summed E-state index contributed by atoms with van der Waals surface area (Å²) >= 11 is 6.30. The summed E-state index contributed by atoms with van der Waals surface area (Å²) in [6.07, 6.45) is 5.66. The molecule has 1 fully saturated rings. The zero-order valence-electron chi connectivity index (χ0n) is 18.9. The smallest absolute Gasteiger partial charge is 0.410 e. The maximum absolute atomic E-state index is 14.2. The third-order valence-electron chi connectivity index (χ3n) is 6.39. The molecule has 3 aliphatic rings. The van der Waals surface area contributed by atoms with Gasteiger partial charge in [0.1, 0.15) is 5.60 Å². The van der Waals surface area contributed by atoms with Crippen LogP contribution in [0.2, 0.25) is 0 Å². The lowest BCUT2D eigenvalue weighted by Crippen LogP contribution is -2.53.